The zero-order valence-electron chi connectivity index (χ0n) is 8.76. The standard InChI is InChI=1S/C10H17N3O2/c11-10-5-12-13(6-10)2-4-15-8-9-1-3-14-7-9/h5-6,9H,1-4,7-8,11H2. The highest BCUT2D eigenvalue weighted by atomic mass is 16.5. The Morgan fingerprint density at radius 1 is 1.67 bits per heavy atom. The highest BCUT2D eigenvalue weighted by Gasteiger charge is 2.15. The molecule has 5 heteroatoms. The maximum atomic E-state index is 5.55. The number of rotatable bonds is 5. The van der Waals surface area contributed by atoms with E-state index in [4.69, 9.17) is 15.2 Å². The lowest BCUT2D eigenvalue weighted by Gasteiger charge is -2.08. The second-order valence-corrected chi connectivity index (χ2v) is 3.84. The lowest BCUT2D eigenvalue weighted by molar-refractivity contribution is 0.0831. The van der Waals surface area contributed by atoms with Crippen LogP contribution in [-0.4, -0.2) is 36.2 Å². The Hall–Kier alpha value is -1.07. The van der Waals surface area contributed by atoms with Crippen LogP contribution in [0.15, 0.2) is 12.4 Å². The molecule has 0 bridgehead atoms. The molecule has 2 rings (SSSR count). The molecule has 84 valence electrons. The Bertz CT molecular complexity index is 295. The van der Waals surface area contributed by atoms with Gasteiger partial charge in [-0.3, -0.25) is 4.68 Å². The summed E-state index contributed by atoms with van der Waals surface area (Å²) < 4.78 is 12.6. The third-order valence-corrected chi connectivity index (χ3v) is 2.50. The van der Waals surface area contributed by atoms with Crippen LogP contribution in [0.4, 0.5) is 5.69 Å². The van der Waals surface area contributed by atoms with Gasteiger partial charge in [-0.1, -0.05) is 0 Å². The van der Waals surface area contributed by atoms with Gasteiger partial charge in [0.05, 0.1) is 38.2 Å². The fourth-order valence-corrected chi connectivity index (χ4v) is 1.62. The van der Waals surface area contributed by atoms with E-state index in [2.05, 4.69) is 5.10 Å². The van der Waals surface area contributed by atoms with Crippen molar-refractivity contribution in [2.75, 3.05) is 32.2 Å². The van der Waals surface area contributed by atoms with Gasteiger partial charge < -0.3 is 15.2 Å². The number of nitrogens with zero attached hydrogens (tertiary/aromatic N) is 2. The number of hydrogen-bond acceptors (Lipinski definition) is 4. The van der Waals surface area contributed by atoms with Gasteiger partial charge in [-0.2, -0.15) is 5.10 Å². The lowest BCUT2D eigenvalue weighted by Crippen LogP contribution is -2.13. The smallest absolute Gasteiger partial charge is 0.0719 e. The molecule has 1 fully saturated rings. The SMILES string of the molecule is Nc1cnn(CCOCC2CCOC2)c1. The van der Waals surface area contributed by atoms with Gasteiger partial charge in [-0.05, 0) is 6.42 Å². The number of ether oxygens (including phenoxy) is 2. The van der Waals surface area contributed by atoms with Crippen LogP contribution in [-0.2, 0) is 16.0 Å². The fraction of sp³-hybridized carbons (Fsp3) is 0.700. The second-order valence-electron chi connectivity index (χ2n) is 3.84. The topological polar surface area (TPSA) is 62.3 Å². The van der Waals surface area contributed by atoms with E-state index in [0.717, 1.165) is 32.8 Å². The van der Waals surface area contributed by atoms with E-state index in [9.17, 15) is 0 Å². The minimum absolute atomic E-state index is 0.577. The minimum Gasteiger partial charge on any atom is -0.396 e. The Balaban J connectivity index is 1.58. The summed E-state index contributed by atoms with van der Waals surface area (Å²) >= 11 is 0. The molecule has 1 aliphatic heterocycles. The summed E-state index contributed by atoms with van der Waals surface area (Å²) in [6.45, 7) is 3.94. The summed E-state index contributed by atoms with van der Waals surface area (Å²) in [5, 5.41) is 4.07. The van der Waals surface area contributed by atoms with Crippen LogP contribution < -0.4 is 5.73 Å². The number of hydrogen-bond donors (Lipinski definition) is 1. The van der Waals surface area contributed by atoms with Crippen LogP contribution in [0.5, 0.6) is 0 Å². The van der Waals surface area contributed by atoms with Crippen molar-refractivity contribution in [3.8, 4) is 0 Å². The highest BCUT2D eigenvalue weighted by molar-refractivity contribution is 5.30. The van der Waals surface area contributed by atoms with Crippen LogP contribution in [0, 0.1) is 5.92 Å². The summed E-state index contributed by atoms with van der Waals surface area (Å²) in [5.41, 5.74) is 6.24. The van der Waals surface area contributed by atoms with E-state index in [1.807, 2.05) is 6.20 Å². The van der Waals surface area contributed by atoms with Crippen molar-refractivity contribution < 1.29 is 9.47 Å². The van der Waals surface area contributed by atoms with Crippen molar-refractivity contribution in [1.29, 1.82) is 0 Å². The zero-order valence-corrected chi connectivity index (χ0v) is 8.76. The number of nitrogen functional groups attached to an aromatic ring is 1. The first-order chi connectivity index (χ1) is 7.34. The first-order valence-electron chi connectivity index (χ1n) is 5.28. The Kier molecular flexibility index (Phi) is 3.58. The van der Waals surface area contributed by atoms with E-state index < -0.39 is 0 Å². The summed E-state index contributed by atoms with van der Waals surface area (Å²) in [4.78, 5) is 0. The molecular weight excluding hydrogens is 194 g/mol. The van der Waals surface area contributed by atoms with Crippen molar-refractivity contribution in [2.24, 2.45) is 5.92 Å². The number of aromatic nitrogens is 2. The highest BCUT2D eigenvalue weighted by Crippen LogP contribution is 2.12. The largest absolute Gasteiger partial charge is 0.396 e. The van der Waals surface area contributed by atoms with Crippen molar-refractivity contribution in [3.05, 3.63) is 12.4 Å². The normalized spacial score (nSPS) is 20.9. The van der Waals surface area contributed by atoms with E-state index in [0.29, 0.717) is 18.2 Å². The maximum Gasteiger partial charge on any atom is 0.0719 e. The van der Waals surface area contributed by atoms with E-state index in [-0.39, 0.29) is 0 Å². The molecule has 1 aromatic rings. The van der Waals surface area contributed by atoms with Crippen molar-refractivity contribution in [1.82, 2.24) is 9.78 Å². The van der Waals surface area contributed by atoms with Crippen LogP contribution in [0.2, 0.25) is 0 Å². The molecule has 1 aliphatic rings. The molecule has 0 saturated carbocycles. The molecule has 2 N–H and O–H groups in total. The third kappa shape index (κ3) is 3.21. The maximum absolute atomic E-state index is 5.55. The van der Waals surface area contributed by atoms with E-state index >= 15 is 0 Å². The Morgan fingerprint density at radius 2 is 2.60 bits per heavy atom. The molecule has 1 atom stereocenters. The van der Waals surface area contributed by atoms with Gasteiger partial charge in [0.1, 0.15) is 0 Å². The molecule has 2 heterocycles. The molecule has 1 unspecified atom stereocenters. The molecule has 0 aromatic carbocycles. The van der Waals surface area contributed by atoms with Gasteiger partial charge in [0, 0.05) is 18.7 Å². The minimum atomic E-state index is 0.577. The first kappa shape index (κ1) is 10.4. The summed E-state index contributed by atoms with van der Waals surface area (Å²) in [5.74, 6) is 0.577. The molecule has 1 saturated heterocycles. The molecule has 5 nitrogen and oxygen atoms in total. The monoisotopic (exact) mass is 211 g/mol. The average molecular weight is 211 g/mol. The van der Waals surface area contributed by atoms with Crippen LogP contribution in [0.25, 0.3) is 0 Å². The Labute approximate surface area is 89.2 Å². The van der Waals surface area contributed by atoms with Crippen molar-refractivity contribution >= 4 is 5.69 Å². The van der Waals surface area contributed by atoms with Gasteiger partial charge in [0.25, 0.3) is 0 Å². The van der Waals surface area contributed by atoms with Gasteiger partial charge in [-0.15, -0.1) is 0 Å². The lowest BCUT2D eigenvalue weighted by atomic mass is 10.1. The predicted octanol–water partition coefficient (Wildman–Crippen LogP) is 0.518. The number of nitrogens with two attached hydrogens (primary N) is 1. The van der Waals surface area contributed by atoms with E-state index in [1.54, 1.807) is 10.9 Å². The van der Waals surface area contributed by atoms with Crippen LogP contribution >= 0.6 is 0 Å². The summed E-state index contributed by atoms with van der Waals surface area (Å²) in [6, 6.07) is 0. The molecule has 0 aliphatic carbocycles. The molecule has 0 radical (unpaired) electrons. The van der Waals surface area contributed by atoms with Gasteiger partial charge in [0.15, 0.2) is 0 Å². The van der Waals surface area contributed by atoms with Gasteiger partial charge >= 0.3 is 0 Å². The van der Waals surface area contributed by atoms with Crippen LogP contribution in [0.1, 0.15) is 6.42 Å². The molecule has 0 spiro atoms. The number of anilines is 1. The van der Waals surface area contributed by atoms with Crippen molar-refractivity contribution in [3.63, 3.8) is 0 Å². The van der Waals surface area contributed by atoms with Gasteiger partial charge in [-0.25, -0.2) is 0 Å². The second kappa shape index (κ2) is 5.14. The quantitative estimate of drug-likeness (QED) is 0.721. The van der Waals surface area contributed by atoms with E-state index in [1.165, 1.54) is 0 Å². The average Bonchev–Trinajstić information content (AvgIpc) is 2.84. The summed E-state index contributed by atoms with van der Waals surface area (Å²) in [6.07, 6.45) is 4.57. The van der Waals surface area contributed by atoms with Crippen LogP contribution in [0.3, 0.4) is 0 Å². The molecule has 0 amide bonds. The third-order valence-electron chi connectivity index (χ3n) is 2.50. The molecular formula is C10H17N3O2. The zero-order chi connectivity index (χ0) is 10.5. The fourth-order valence-electron chi connectivity index (χ4n) is 1.62. The first-order valence-corrected chi connectivity index (χ1v) is 5.28. The van der Waals surface area contributed by atoms with Crippen molar-refractivity contribution in [2.45, 2.75) is 13.0 Å². The molecule has 15 heavy (non-hydrogen) atoms. The predicted molar refractivity (Wildman–Crippen MR) is 56.4 cm³/mol. The summed E-state index contributed by atoms with van der Waals surface area (Å²) in [7, 11) is 0. The molecule has 1 aromatic heterocycles. The Morgan fingerprint density at radius 3 is 3.27 bits per heavy atom. The van der Waals surface area contributed by atoms with Gasteiger partial charge in [0.2, 0.25) is 0 Å².